The minimum Gasteiger partial charge on any atom is -0.463 e. The molecule has 3 rings (SSSR count). The zero-order chi connectivity index (χ0) is 42.2. The van der Waals surface area contributed by atoms with Crippen LogP contribution in [0.1, 0.15) is 103 Å². The smallest absolute Gasteiger partial charge is 0.330 e. The Labute approximate surface area is 330 Å². The summed E-state index contributed by atoms with van der Waals surface area (Å²) in [5.41, 5.74) is 0.887. The summed E-state index contributed by atoms with van der Waals surface area (Å²) in [6, 6.07) is 1.54. The summed E-state index contributed by atoms with van der Waals surface area (Å²) in [5, 5.41) is 0. The summed E-state index contributed by atoms with van der Waals surface area (Å²) in [5.74, 6) is -5.71. The summed E-state index contributed by atoms with van der Waals surface area (Å²) in [6.45, 7) is 13.1. The first-order chi connectivity index (χ1) is 27.1. The van der Waals surface area contributed by atoms with Crippen LogP contribution in [-0.2, 0) is 63.7 Å². The van der Waals surface area contributed by atoms with Crippen LogP contribution in [0, 0.1) is 11.8 Å². The van der Waals surface area contributed by atoms with Crippen molar-refractivity contribution in [2.24, 2.45) is 11.8 Å². The van der Waals surface area contributed by atoms with Crippen LogP contribution < -0.4 is 0 Å². The predicted molar refractivity (Wildman–Crippen MR) is 198 cm³/mol. The van der Waals surface area contributed by atoms with Crippen LogP contribution in [-0.4, -0.2) is 115 Å². The molecule has 0 radical (unpaired) electrons. The molecule has 0 aromatic heterocycles. The maximum atomic E-state index is 13.8. The van der Waals surface area contributed by atoms with E-state index in [0.29, 0.717) is 18.4 Å². The molecule has 0 saturated carbocycles. The van der Waals surface area contributed by atoms with Crippen molar-refractivity contribution in [3.05, 3.63) is 59.7 Å². The van der Waals surface area contributed by atoms with Crippen LogP contribution in [0.25, 0.3) is 0 Å². The molecule has 0 spiro atoms. The molecule has 2 atom stereocenters. The summed E-state index contributed by atoms with van der Waals surface area (Å²) in [4.78, 5) is 115. The lowest BCUT2D eigenvalue weighted by Gasteiger charge is -2.29. The minimum absolute atomic E-state index is 0.00952. The third-order valence-corrected chi connectivity index (χ3v) is 8.72. The molecule has 57 heavy (non-hydrogen) atoms. The Kier molecular flexibility index (Phi) is 17.6. The largest absolute Gasteiger partial charge is 0.463 e. The Bertz CT molecular complexity index is 1730. The average molecular weight is 799 g/mol. The minimum atomic E-state index is -0.830. The van der Waals surface area contributed by atoms with Crippen molar-refractivity contribution in [3.63, 3.8) is 0 Å². The van der Waals surface area contributed by atoms with Crippen LogP contribution in [0.5, 0.6) is 0 Å². The van der Waals surface area contributed by atoms with Gasteiger partial charge in [-0.1, -0.05) is 40.9 Å². The molecule has 0 fully saturated rings. The standard InChI is InChI=1S/C40H50N2O15/c1-7-32(43)52-13-15-54-34(45)9-11-36(47)56-22-27(17-24(3)4)41-21-26-19-30-31(20-29(26)38(41)49)40(51)42(39(30)50)28(18-25(5)6)23-57-37(48)12-10-35(46)55-16-14-53-33(44)8-2/h7-8,19-20,24-25,27-28H,1-2,9-18,21-23H2,3-6H3. The summed E-state index contributed by atoms with van der Waals surface area (Å²) >= 11 is 0. The van der Waals surface area contributed by atoms with Crippen molar-refractivity contribution in [1.82, 2.24) is 9.80 Å². The topological polar surface area (TPSA) is 215 Å². The molecule has 2 aliphatic heterocycles. The molecule has 1 aromatic carbocycles. The molecule has 0 N–H and O–H groups in total. The number of esters is 6. The first-order valence-electron chi connectivity index (χ1n) is 18.6. The zero-order valence-electron chi connectivity index (χ0n) is 32.7. The van der Waals surface area contributed by atoms with Gasteiger partial charge < -0.3 is 33.3 Å². The SMILES string of the molecule is C=CC(=O)OCCOC(=O)CCC(=O)OCC(CC(C)C)N1Cc2cc3c(cc2C1=O)C(=O)N(C(COC(=O)CCC(=O)OCCOC(=O)C=C)CC(C)C)C3=O. The highest BCUT2D eigenvalue weighted by Crippen LogP contribution is 2.35. The van der Waals surface area contributed by atoms with Gasteiger partial charge in [0, 0.05) is 24.3 Å². The van der Waals surface area contributed by atoms with Gasteiger partial charge in [-0.15, -0.1) is 0 Å². The molecular weight excluding hydrogens is 748 g/mol. The van der Waals surface area contributed by atoms with Crippen molar-refractivity contribution in [1.29, 1.82) is 0 Å². The van der Waals surface area contributed by atoms with E-state index in [4.69, 9.17) is 28.4 Å². The second-order valence-electron chi connectivity index (χ2n) is 14.1. The predicted octanol–water partition coefficient (Wildman–Crippen LogP) is 3.26. The summed E-state index contributed by atoms with van der Waals surface area (Å²) in [6.07, 6.45) is 1.55. The zero-order valence-corrected chi connectivity index (χ0v) is 32.7. The lowest BCUT2D eigenvalue weighted by atomic mass is 10.0. The van der Waals surface area contributed by atoms with E-state index < -0.39 is 65.6 Å². The highest BCUT2D eigenvalue weighted by molar-refractivity contribution is 6.22. The van der Waals surface area contributed by atoms with Crippen molar-refractivity contribution >= 4 is 53.5 Å². The fraction of sp³-hybridized carbons (Fsp3) is 0.525. The van der Waals surface area contributed by atoms with Gasteiger partial charge in [0.15, 0.2) is 0 Å². The Morgan fingerprint density at radius 3 is 1.44 bits per heavy atom. The highest BCUT2D eigenvalue weighted by Gasteiger charge is 2.44. The number of carbonyl (C=O) groups is 9. The molecule has 2 heterocycles. The van der Waals surface area contributed by atoms with Gasteiger partial charge in [0.05, 0.1) is 48.9 Å². The molecule has 17 nitrogen and oxygen atoms in total. The fourth-order valence-corrected chi connectivity index (χ4v) is 6.13. The number of imide groups is 1. The molecular formula is C40H50N2O15. The number of carbonyl (C=O) groups excluding carboxylic acids is 9. The van der Waals surface area contributed by atoms with Gasteiger partial charge >= 0.3 is 35.8 Å². The monoisotopic (exact) mass is 798 g/mol. The van der Waals surface area contributed by atoms with Crippen molar-refractivity contribution in [2.45, 2.75) is 84.8 Å². The van der Waals surface area contributed by atoms with E-state index >= 15 is 0 Å². The fourth-order valence-electron chi connectivity index (χ4n) is 6.13. The van der Waals surface area contributed by atoms with Gasteiger partial charge in [-0.25, -0.2) is 9.59 Å². The van der Waals surface area contributed by atoms with Crippen molar-refractivity contribution < 1.29 is 71.6 Å². The molecule has 1 aromatic rings. The first-order valence-corrected chi connectivity index (χ1v) is 18.6. The van der Waals surface area contributed by atoms with Crippen molar-refractivity contribution in [2.75, 3.05) is 39.6 Å². The van der Waals surface area contributed by atoms with Crippen LogP contribution in [0.15, 0.2) is 37.4 Å². The Balaban J connectivity index is 1.60. The second-order valence-corrected chi connectivity index (χ2v) is 14.1. The number of rotatable bonds is 24. The average Bonchev–Trinajstić information content (AvgIpc) is 3.62. The Hall–Kier alpha value is -5.87. The number of hydrogen-bond acceptors (Lipinski definition) is 15. The number of amides is 3. The third kappa shape index (κ3) is 13.7. The van der Waals surface area contributed by atoms with Gasteiger partial charge in [0.1, 0.15) is 39.6 Å². The van der Waals surface area contributed by atoms with Gasteiger partial charge in [-0.2, -0.15) is 0 Å². The van der Waals surface area contributed by atoms with E-state index in [0.717, 1.165) is 17.1 Å². The van der Waals surface area contributed by atoms with Crippen LogP contribution in [0.2, 0.25) is 0 Å². The number of nitrogens with zero attached hydrogens (tertiary/aromatic N) is 2. The van der Waals surface area contributed by atoms with Gasteiger partial charge in [-0.05, 0) is 42.4 Å². The number of hydrogen-bond donors (Lipinski definition) is 0. The van der Waals surface area contributed by atoms with E-state index in [1.165, 1.54) is 17.0 Å². The Morgan fingerprint density at radius 1 is 0.579 bits per heavy atom. The number of fused-ring (bicyclic) bond motifs is 2. The molecule has 0 aliphatic carbocycles. The lowest BCUT2D eigenvalue weighted by molar-refractivity contribution is -0.153. The van der Waals surface area contributed by atoms with Gasteiger partial charge in [0.25, 0.3) is 17.7 Å². The third-order valence-electron chi connectivity index (χ3n) is 8.72. The molecule has 2 unspecified atom stereocenters. The normalized spacial score (nSPS) is 14.1. The second kappa shape index (κ2) is 22.0. The van der Waals surface area contributed by atoms with E-state index in [-0.39, 0.29) is 100 Å². The van der Waals surface area contributed by atoms with E-state index in [1.54, 1.807) is 0 Å². The maximum Gasteiger partial charge on any atom is 0.330 e. The maximum absolute atomic E-state index is 13.8. The van der Waals surface area contributed by atoms with Crippen molar-refractivity contribution in [3.8, 4) is 0 Å². The Morgan fingerprint density at radius 2 is 0.982 bits per heavy atom. The summed E-state index contributed by atoms with van der Waals surface area (Å²) < 4.78 is 30.1. The highest BCUT2D eigenvalue weighted by atomic mass is 16.6. The van der Waals surface area contributed by atoms with Gasteiger partial charge in [-0.3, -0.25) is 38.5 Å². The molecule has 0 bridgehead atoms. The van der Waals surface area contributed by atoms with Gasteiger partial charge in [0.2, 0.25) is 0 Å². The number of ether oxygens (including phenoxy) is 6. The molecule has 3 amide bonds. The van der Waals surface area contributed by atoms with Crippen LogP contribution in [0.4, 0.5) is 0 Å². The van der Waals surface area contributed by atoms with Crippen LogP contribution >= 0.6 is 0 Å². The van der Waals surface area contributed by atoms with E-state index in [2.05, 4.69) is 13.2 Å². The quantitative estimate of drug-likeness (QED) is 0.0482. The van der Waals surface area contributed by atoms with E-state index in [1.807, 2.05) is 27.7 Å². The van der Waals surface area contributed by atoms with Crippen LogP contribution in [0.3, 0.4) is 0 Å². The molecule has 17 heteroatoms. The first kappa shape index (κ1) is 45.5. The molecule has 310 valence electrons. The summed E-state index contributed by atoms with van der Waals surface area (Å²) in [7, 11) is 0. The lowest BCUT2D eigenvalue weighted by Crippen LogP contribution is -2.44. The van der Waals surface area contributed by atoms with E-state index in [9.17, 15) is 43.2 Å². The number of benzene rings is 1. The molecule has 2 aliphatic rings. The molecule has 0 saturated heterocycles.